The van der Waals surface area contributed by atoms with E-state index < -0.39 is 16.6 Å². The maximum Gasteiger partial charge on any atom is 0.317 e. The van der Waals surface area contributed by atoms with Crippen molar-refractivity contribution in [1.29, 1.82) is 0 Å². The molecule has 4 aromatic rings. The van der Waals surface area contributed by atoms with Gasteiger partial charge in [-0.2, -0.15) is 0 Å². The molecule has 7 heteroatoms. The van der Waals surface area contributed by atoms with Crippen LogP contribution >= 0.6 is 15.9 Å². The van der Waals surface area contributed by atoms with Crippen molar-refractivity contribution in [2.75, 3.05) is 5.33 Å². The molecule has 0 bridgehead atoms. The summed E-state index contributed by atoms with van der Waals surface area (Å²) in [5, 5.41) is 0.268. The fourth-order valence-electron chi connectivity index (χ4n) is 6.56. The highest BCUT2D eigenvalue weighted by Gasteiger charge is 2.47. The molecule has 0 aromatic heterocycles. The highest BCUT2D eigenvalue weighted by Crippen LogP contribution is 2.53. The second kappa shape index (κ2) is 16.0. The molecule has 51 heavy (non-hydrogen) atoms. The minimum atomic E-state index is -0.808. The van der Waals surface area contributed by atoms with E-state index in [4.69, 9.17) is 14.2 Å². The lowest BCUT2D eigenvalue weighted by Crippen LogP contribution is -2.36. The van der Waals surface area contributed by atoms with Crippen molar-refractivity contribution in [3.05, 3.63) is 119 Å². The Bertz CT molecular complexity index is 1730. The zero-order chi connectivity index (χ0) is 37.6. The second-order valence-electron chi connectivity index (χ2n) is 15.9. The Morgan fingerprint density at radius 1 is 0.510 bits per heavy atom. The molecule has 0 unspecified atom stereocenters. The van der Waals surface area contributed by atoms with Crippen molar-refractivity contribution in [3.63, 3.8) is 0 Å². The van der Waals surface area contributed by atoms with Gasteiger partial charge in [-0.05, 0) is 113 Å². The summed E-state index contributed by atoms with van der Waals surface area (Å²) in [6.07, 6.45) is 1.27. The summed E-state index contributed by atoms with van der Waals surface area (Å²) in [6, 6.07) is 33.3. The molecule has 4 aromatic carbocycles. The molecular formula is C44H51BrO6. The average Bonchev–Trinajstić information content (AvgIpc) is 3.53. The Hall–Kier alpha value is -4.23. The summed E-state index contributed by atoms with van der Waals surface area (Å²) in [5.41, 5.74) is 7.44. The normalized spacial score (nSPS) is 13.5. The van der Waals surface area contributed by atoms with Crippen LogP contribution in [0.3, 0.4) is 0 Å². The van der Waals surface area contributed by atoms with Crippen LogP contribution in [-0.2, 0) is 40.4 Å². The number of alkyl halides is 1. The van der Waals surface area contributed by atoms with Crippen molar-refractivity contribution < 1.29 is 28.6 Å². The third-order valence-corrected chi connectivity index (χ3v) is 8.60. The fraction of sp³-hybridized carbons (Fsp3) is 0.386. The smallest absolute Gasteiger partial charge is 0.317 e. The van der Waals surface area contributed by atoms with Crippen molar-refractivity contribution in [3.8, 4) is 22.3 Å². The lowest BCUT2D eigenvalue weighted by atomic mass is 9.72. The van der Waals surface area contributed by atoms with Crippen LogP contribution in [0.15, 0.2) is 97.1 Å². The van der Waals surface area contributed by atoms with Crippen LogP contribution in [0, 0.1) is 0 Å². The van der Waals surface area contributed by atoms with E-state index in [0.29, 0.717) is 0 Å². The number of esters is 3. The minimum Gasteiger partial charge on any atom is -0.460 e. The second-order valence-corrected chi connectivity index (χ2v) is 16.5. The van der Waals surface area contributed by atoms with Crippen LogP contribution in [0.5, 0.6) is 0 Å². The first-order chi connectivity index (χ1) is 23.8. The quantitative estimate of drug-likeness (QED) is 0.101. The number of carbonyl (C=O) groups is 3. The molecule has 270 valence electrons. The Morgan fingerprint density at radius 2 is 0.824 bits per heavy atom. The third kappa shape index (κ3) is 10.6. The van der Waals surface area contributed by atoms with Gasteiger partial charge in [-0.1, -0.05) is 113 Å². The average molecular weight is 756 g/mol. The van der Waals surface area contributed by atoms with E-state index in [0.717, 1.165) is 28.7 Å². The lowest BCUT2D eigenvalue weighted by molar-refractivity contribution is -0.159. The number of ether oxygens (including phenoxy) is 3. The molecule has 0 aliphatic heterocycles. The molecule has 0 N–H and O–H groups in total. The van der Waals surface area contributed by atoms with Crippen molar-refractivity contribution in [1.82, 2.24) is 0 Å². The molecular weight excluding hydrogens is 704 g/mol. The summed E-state index contributed by atoms with van der Waals surface area (Å²) in [5.74, 6) is -0.873. The first-order valence-corrected chi connectivity index (χ1v) is 18.5. The van der Waals surface area contributed by atoms with E-state index in [1.807, 2.05) is 111 Å². The maximum atomic E-state index is 12.9. The summed E-state index contributed by atoms with van der Waals surface area (Å²) in [6.45, 7) is 16.6. The number of benzene rings is 4. The number of carbonyl (C=O) groups excluding carboxylic acids is 3. The van der Waals surface area contributed by atoms with E-state index in [9.17, 15) is 14.4 Å². The van der Waals surface area contributed by atoms with E-state index in [-0.39, 0.29) is 41.7 Å². The van der Waals surface area contributed by atoms with Crippen LogP contribution in [0.1, 0.15) is 97.4 Å². The number of fused-ring (bicyclic) bond motifs is 6. The predicted molar refractivity (Wildman–Crippen MR) is 208 cm³/mol. The molecule has 0 spiro atoms. The zero-order valence-corrected chi connectivity index (χ0v) is 33.0. The molecule has 0 atom stereocenters. The Balaban J connectivity index is 0.000000215. The SMILES string of the molecule is CC(C)(C)OC(=O)CBr.CC(C)(C)OC(=O)CC1(CC(=O)OC(C)(C)C)c2ccccc2-c2ccccc21.c1ccc2c(c1)Cc1ccccc1-2. The molecule has 0 heterocycles. The molecule has 2 aliphatic carbocycles. The first-order valence-electron chi connectivity index (χ1n) is 17.4. The van der Waals surface area contributed by atoms with Gasteiger partial charge in [0.1, 0.15) is 22.1 Å². The minimum absolute atomic E-state index is 0.0809. The molecule has 6 rings (SSSR count). The monoisotopic (exact) mass is 754 g/mol. The van der Waals surface area contributed by atoms with E-state index in [1.54, 1.807) is 0 Å². The van der Waals surface area contributed by atoms with Gasteiger partial charge in [0, 0.05) is 5.41 Å². The van der Waals surface area contributed by atoms with Gasteiger partial charge >= 0.3 is 17.9 Å². The highest BCUT2D eigenvalue weighted by molar-refractivity contribution is 9.09. The standard InChI is InChI=1S/C25H30O4.C13H10.C6H11BrO2/c1-23(2,3)28-21(26)15-25(16-22(27)29-24(4,5)6)19-13-9-7-11-17(19)18-12-8-10-14-20(18)25;1-3-7-12-10(5-1)9-11-6-2-4-8-13(11)12;1-6(2,3)9-5(8)4-7/h7-14H,15-16H2,1-6H3;1-8H,9H2;4H2,1-3H3. The van der Waals surface area contributed by atoms with Gasteiger partial charge in [0.25, 0.3) is 0 Å². The molecule has 0 saturated carbocycles. The van der Waals surface area contributed by atoms with Gasteiger partial charge in [-0.3, -0.25) is 14.4 Å². The maximum absolute atomic E-state index is 12.9. The molecule has 0 saturated heterocycles. The van der Waals surface area contributed by atoms with E-state index in [2.05, 4.69) is 64.5 Å². The molecule has 0 radical (unpaired) electrons. The molecule has 0 fully saturated rings. The Labute approximate surface area is 312 Å². The number of hydrogen-bond donors (Lipinski definition) is 0. The Kier molecular flexibility index (Phi) is 12.4. The number of halogens is 1. The third-order valence-electron chi connectivity index (χ3n) is 8.14. The molecule has 0 amide bonds. The lowest BCUT2D eigenvalue weighted by Gasteiger charge is -2.33. The van der Waals surface area contributed by atoms with Crippen molar-refractivity contribution in [2.24, 2.45) is 0 Å². The van der Waals surface area contributed by atoms with Gasteiger partial charge in [-0.15, -0.1) is 0 Å². The van der Waals surface area contributed by atoms with Crippen LogP contribution < -0.4 is 0 Å². The van der Waals surface area contributed by atoms with Crippen LogP contribution in [0.25, 0.3) is 22.3 Å². The largest absolute Gasteiger partial charge is 0.460 e. The summed E-state index contributed by atoms with van der Waals surface area (Å²) in [4.78, 5) is 36.4. The molecule has 2 aliphatic rings. The molecule has 6 nitrogen and oxygen atoms in total. The van der Waals surface area contributed by atoms with Gasteiger partial charge in [0.2, 0.25) is 0 Å². The van der Waals surface area contributed by atoms with Gasteiger partial charge in [0.05, 0.1) is 12.8 Å². The summed E-state index contributed by atoms with van der Waals surface area (Å²) in [7, 11) is 0. The van der Waals surface area contributed by atoms with Crippen molar-refractivity contribution in [2.45, 2.75) is 104 Å². The van der Waals surface area contributed by atoms with Gasteiger partial charge in [0.15, 0.2) is 0 Å². The first kappa shape index (κ1) is 39.6. The van der Waals surface area contributed by atoms with E-state index >= 15 is 0 Å². The zero-order valence-electron chi connectivity index (χ0n) is 31.4. The fourth-order valence-corrected chi connectivity index (χ4v) is 6.67. The van der Waals surface area contributed by atoms with Crippen molar-refractivity contribution >= 4 is 33.8 Å². The number of rotatable bonds is 5. The van der Waals surface area contributed by atoms with E-state index in [1.165, 1.54) is 22.3 Å². The predicted octanol–water partition coefficient (Wildman–Crippen LogP) is 10.4. The summed E-state index contributed by atoms with van der Waals surface area (Å²) >= 11 is 2.99. The summed E-state index contributed by atoms with van der Waals surface area (Å²) < 4.78 is 16.2. The van der Waals surface area contributed by atoms with Crippen LogP contribution in [-0.4, -0.2) is 40.0 Å². The van der Waals surface area contributed by atoms with Crippen LogP contribution in [0.2, 0.25) is 0 Å². The van der Waals surface area contributed by atoms with Gasteiger partial charge < -0.3 is 14.2 Å². The van der Waals surface area contributed by atoms with Crippen LogP contribution in [0.4, 0.5) is 0 Å². The number of hydrogen-bond acceptors (Lipinski definition) is 6. The van der Waals surface area contributed by atoms with Gasteiger partial charge in [-0.25, -0.2) is 0 Å². The topological polar surface area (TPSA) is 78.9 Å². The highest BCUT2D eigenvalue weighted by atomic mass is 79.9. The Morgan fingerprint density at radius 3 is 1.16 bits per heavy atom.